The van der Waals surface area contributed by atoms with Gasteiger partial charge in [-0.2, -0.15) is 0 Å². The van der Waals surface area contributed by atoms with Gasteiger partial charge in [-0.05, 0) is 43.3 Å². The predicted octanol–water partition coefficient (Wildman–Crippen LogP) is 3.59. The van der Waals surface area contributed by atoms with E-state index in [0.717, 1.165) is 0 Å². The molecule has 0 bridgehead atoms. The average molecular weight is 311 g/mol. The van der Waals surface area contributed by atoms with Gasteiger partial charge in [0.15, 0.2) is 5.78 Å². The molecule has 2 N–H and O–H groups in total. The molecule has 0 aliphatic carbocycles. The average Bonchev–Trinajstić information content (AvgIpc) is 2.55. The van der Waals surface area contributed by atoms with Crippen LogP contribution in [-0.4, -0.2) is 24.0 Å². The van der Waals surface area contributed by atoms with E-state index in [4.69, 9.17) is 9.84 Å². The summed E-state index contributed by atoms with van der Waals surface area (Å²) in [7, 11) is 1.55. The number of anilines is 1. The number of benzene rings is 2. The summed E-state index contributed by atoms with van der Waals surface area (Å²) >= 11 is 0. The van der Waals surface area contributed by atoms with Crippen molar-refractivity contribution in [1.82, 2.24) is 0 Å². The maximum Gasteiger partial charge on any atom is 0.335 e. The van der Waals surface area contributed by atoms with Crippen LogP contribution in [0.15, 0.2) is 60.3 Å². The third-order valence-corrected chi connectivity index (χ3v) is 3.18. The summed E-state index contributed by atoms with van der Waals surface area (Å²) in [5.41, 5.74) is 2.11. The van der Waals surface area contributed by atoms with Crippen molar-refractivity contribution in [3.05, 3.63) is 71.4 Å². The summed E-state index contributed by atoms with van der Waals surface area (Å²) in [6.45, 7) is 1.77. The van der Waals surface area contributed by atoms with E-state index in [1.54, 1.807) is 50.4 Å². The number of methoxy groups -OCH3 is 1. The molecule has 0 aliphatic heterocycles. The highest BCUT2D eigenvalue weighted by atomic mass is 16.5. The van der Waals surface area contributed by atoms with Gasteiger partial charge < -0.3 is 15.2 Å². The second-order valence-electron chi connectivity index (χ2n) is 4.93. The Bertz CT molecular complexity index is 748. The lowest BCUT2D eigenvalue weighted by molar-refractivity contribution is 0.0696. The highest BCUT2D eigenvalue weighted by molar-refractivity contribution is 6.05. The van der Waals surface area contributed by atoms with Crippen LogP contribution < -0.4 is 10.1 Å². The quantitative estimate of drug-likeness (QED) is 0.630. The second-order valence-corrected chi connectivity index (χ2v) is 4.93. The van der Waals surface area contributed by atoms with Crippen LogP contribution in [0, 0.1) is 0 Å². The van der Waals surface area contributed by atoms with Crippen molar-refractivity contribution in [2.45, 2.75) is 6.92 Å². The minimum absolute atomic E-state index is 0.143. The minimum atomic E-state index is -0.975. The molecule has 0 spiro atoms. The predicted molar refractivity (Wildman–Crippen MR) is 88.1 cm³/mol. The minimum Gasteiger partial charge on any atom is -0.497 e. The molecule has 2 aromatic carbocycles. The van der Waals surface area contributed by atoms with Crippen molar-refractivity contribution in [3.63, 3.8) is 0 Å². The molecular weight excluding hydrogens is 294 g/mol. The van der Waals surface area contributed by atoms with Gasteiger partial charge in [0.1, 0.15) is 5.75 Å². The van der Waals surface area contributed by atoms with Crippen molar-refractivity contribution < 1.29 is 19.4 Å². The van der Waals surface area contributed by atoms with E-state index in [1.165, 1.54) is 18.2 Å². The van der Waals surface area contributed by atoms with Gasteiger partial charge in [0.25, 0.3) is 0 Å². The Morgan fingerprint density at radius 3 is 2.39 bits per heavy atom. The number of nitrogens with one attached hydrogen (secondary N) is 1. The van der Waals surface area contributed by atoms with Crippen LogP contribution in [0.4, 0.5) is 5.69 Å². The van der Waals surface area contributed by atoms with Crippen LogP contribution in [0.5, 0.6) is 5.75 Å². The van der Waals surface area contributed by atoms with E-state index in [9.17, 15) is 9.59 Å². The number of carboxylic acid groups (broad SMARTS) is 1. The zero-order chi connectivity index (χ0) is 16.8. The third kappa shape index (κ3) is 4.44. The van der Waals surface area contributed by atoms with Gasteiger partial charge in [0.05, 0.1) is 12.7 Å². The lowest BCUT2D eigenvalue weighted by Gasteiger charge is -2.07. The van der Waals surface area contributed by atoms with Crippen molar-refractivity contribution in [2.24, 2.45) is 0 Å². The molecule has 118 valence electrons. The fourth-order valence-electron chi connectivity index (χ4n) is 2.02. The van der Waals surface area contributed by atoms with Gasteiger partial charge in [0.2, 0.25) is 0 Å². The number of rotatable bonds is 6. The molecule has 0 saturated heterocycles. The molecule has 23 heavy (non-hydrogen) atoms. The van der Waals surface area contributed by atoms with Crippen LogP contribution in [0.1, 0.15) is 27.6 Å². The highest BCUT2D eigenvalue weighted by Gasteiger charge is 2.05. The van der Waals surface area contributed by atoms with Gasteiger partial charge in [-0.25, -0.2) is 4.79 Å². The number of carbonyl (C=O) groups is 2. The Kier molecular flexibility index (Phi) is 5.15. The van der Waals surface area contributed by atoms with E-state index in [0.29, 0.717) is 22.7 Å². The first-order valence-corrected chi connectivity index (χ1v) is 6.96. The van der Waals surface area contributed by atoms with Gasteiger partial charge in [-0.3, -0.25) is 4.79 Å². The summed E-state index contributed by atoms with van der Waals surface area (Å²) in [5.74, 6) is -0.493. The lowest BCUT2D eigenvalue weighted by Crippen LogP contribution is -2.02. The fraction of sp³-hybridized carbons (Fsp3) is 0.111. The number of hydrogen-bond donors (Lipinski definition) is 2. The number of ether oxygens (including phenoxy) is 1. The van der Waals surface area contributed by atoms with Crippen molar-refractivity contribution in [3.8, 4) is 5.75 Å². The SMILES string of the molecule is COc1cccc(C(=O)/C=C(\C)Nc2ccc(C(=O)O)cc2)c1. The molecular formula is C18H17NO4. The van der Waals surface area contributed by atoms with E-state index in [2.05, 4.69) is 5.32 Å². The van der Waals surface area contributed by atoms with Crippen LogP contribution in [-0.2, 0) is 0 Å². The van der Waals surface area contributed by atoms with Crippen LogP contribution >= 0.6 is 0 Å². The number of ketones is 1. The molecule has 0 aromatic heterocycles. The van der Waals surface area contributed by atoms with Gasteiger partial charge in [0, 0.05) is 23.0 Å². The number of carbonyl (C=O) groups excluding carboxylic acids is 1. The summed E-state index contributed by atoms with van der Waals surface area (Å²) in [4.78, 5) is 23.0. The summed E-state index contributed by atoms with van der Waals surface area (Å²) < 4.78 is 5.10. The maximum absolute atomic E-state index is 12.2. The molecule has 0 amide bonds. The first kappa shape index (κ1) is 16.3. The summed E-state index contributed by atoms with van der Waals surface area (Å²) in [6, 6.07) is 13.2. The molecule has 0 heterocycles. The molecule has 2 rings (SSSR count). The van der Waals surface area contributed by atoms with Gasteiger partial charge >= 0.3 is 5.97 Å². The van der Waals surface area contributed by atoms with E-state index >= 15 is 0 Å². The Hall–Kier alpha value is -3.08. The summed E-state index contributed by atoms with van der Waals surface area (Å²) in [6.07, 6.45) is 1.49. The first-order valence-electron chi connectivity index (χ1n) is 6.96. The zero-order valence-electron chi connectivity index (χ0n) is 12.9. The third-order valence-electron chi connectivity index (χ3n) is 3.18. The van der Waals surface area contributed by atoms with E-state index in [1.807, 2.05) is 0 Å². The molecule has 0 saturated carbocycles. The highest BCUT2D eigenvalue weighted by Crippen LogP contribution is 2.15. The fourth-order valence-corrected chi connectivity index (χ4v) is 2.02. The van der Waals surface area contributed by atoms with Crippen LogP contribution in [0.3, 0.4) is 0 Å². The summed E-state index contributed by atoms with van der Waals surface area (Å²) in [5, 5.41) is 11.9. The van der Waals surface area contributed by atoms with Crippen LogP contribution in [0.2, 0.25) is 0 Å². The van der Waals surface area contributed by atoms with Gasteiger partial charge in [-0.1, -0.05) is 12.1 Å². The van der Waals surface area contributed by atoms with Crippen molar-refractivity contribution in [2.75, 3.05) is 12.4 Å². The number of hydrogen-bond acceptors (Lipinski definition) is 4. The first-order chi connectivity index (χ1) is 11.0. The number of carboxylic acids is 1. The molecule has 2 aromatic rings. The molecule has 5 heteroatoms. The molecule has 0 unspecified atom stereocenters. The maximum atomic E-state index is 12.2. The van der Waals surface area contributed by atoms with Gasteiger partial charge in [-0.15, -0.1) is 0 Å². The number of allylic oxidation sites excluding steroid dienone is 2. The number of aromatic carboxylic acids is 1. The normalized spacial score (nSPS) is 11.0. The topological polar surface area (TPSA) is 75.6 Å². The van der Waals surface area contributed by atoms with Crippen molar-refractivity contribution in [1.29, 1.82) is 0 Å². The Labute approximate surface area is 134 Å². The monoisotopic (exact) mass is 311 g/mol. The van der Waals surface area contributed by atoms with E-state index < -0.39 is 5.97 Å². The Morgan fingerprint density at radius 1 is 1.09 bits per heavy atom. The standard InChI is InChI=1S/C18H17NO4/c1-12(19-15-8-6-13(7-9-15)18(21)22)10-17(20)14-4-3-5-16(11-14)23-2/h3-11,19H,1-2H3,(H,21,22)/b12-10+. The lowest BCUT2D eigenvalue weighted by atomic mass is 10.1. The zero-order valence-corrected chi connectivity index (χ0v) is 12.9. The van der Waals surface area contributed by atoms with E-state index in [-0.39, 0.29) is 11.3 Å². The Morgan fingerprint density at radius 2 is 1.78 bits per heavy atom. The largest absolute Gasteiger partial charge is 0.497 e. The second kappa shape index (κ2) is 7.26. The Balaban J connectivity index is 2.09. The van der Waals surface area contributed by atoms with Crippen LogP contribution in [0.25, 0.3) is 0 Å². The molecule has 0 aliphatic rings. The van der Waals surface area contributed by atoms with Crippen molar-refractivity contribution >= 4 is 17.4 Å². The molecule has 0 radical (unpaired) electrons. The molecule has 5 nitrogen and oxygen atoms in total. The smallest absolute Gasteiger partial charge is 0.335 e. The molecule has 0 atom stereocenters. The molecule has 0 fully saturated rings.